The van der Waals surface area contributed by atoms with Crippen LogP contribution in [0.2, 0.25) is 0 Å². The number of benzene rings is 2. The molecule has 0 radical (unpaired) electrons. The van der Waals surface area contributed by atoms with Crippen molar-refractivity contribution in [2.75, 3.05) is 0 Å². The molecule has 0 aliphatic heterocycles. The van der Waals surface area contributed by atoms with Crippen LogP contribution in [0.3, 0.4) is 0 Å². The van der Waals surface area contributed by atoms with E-state index in [0.717, 1.165) is 11.8 Å². The van der Waals surface area contributed by atoms with E-state index in [0.29, 0.717) is 5.92 Å². The van der Waals surface area contributed by atoms with Gasteiger partial charge >= 0.3 is 0 Å². The molecule has 0 aliphatic rings. The minimum absolute atomic E-state index is 0. The predicted molar refractivity (Wildman–Crippen MR) is 186 cm³/mol. The Kier molecular flexibility index (Phi) is 81.3. The van der Waals surface area contributed by atoms with Crippen molar-refractivity contribution < 1.29 is 0 Å². The standard InChI is InChI=1S/C9H12.C6H6.C5H5N.2C4H10.3C2H6.3CH4/c1-8(2)9-6-4-3-5-7-9;2*1-2-4-6-5-3-1;2*1-4(2)3;3*1-2;;;/h3-8H,1-2H3;1-6H;1-5H;2*4H,1-3H3;3*1-2H3;3*1H4. The van der Waals surface area contributed by atoms with E-state index in [4.69, 9.17) is 0 Å². The van der Waals surface area contributed by atoms with Crippen LogP contribution < -0.4 is 0 Å². The molecule has 3 rings (SSSR count). The topological polar surface area (TPSA) is 12.9 Å². The summed E-state index contributed by atoms with van der Waals surface area (Å²) >= 11 is 0. The average molecular weight is 532 g/mol. The van der Waals surface area contributed by atoms with E-state index in [1.165, 1.54) is 5.56 Å². The van der Waals surface area contributed by atoms with Gasteiger partial charge in [-0.25, -0.2) is 0 Å². The summed E-state index contributed by atoms with van der Waals surface area (Å²) in [6.45, 7) is 29.4. The lowest BCUT2D eigenvalue weighted by Crippen LogP contribution is -1.83. The Hall–Kier alpha value is -2.41. The molecule has 0 unspecified atom stereocenters. The van der Waals surface area contributed by atoms with E-state index in [1.807, 2.05) is 102 Å². The fourth-order valence-electron chi connectivity index (χ4n) is 1.54. The van der Waals surface area contributed by atoms with Crippen molar-refractivity contribution in [2.24, 2.45) is 11.8 Å². The van der Waals surface area contributed by atoms with E-state index in [1.54, 1.807) is 12.4 Å². The zero-order valence-electron chi connectivity index (χ0n) is 25.9. The molecule has 1 aromatic heterocycles. The lowest BCUT2D eigenvalue weighted by molar-refractivity contribution is 0.736. The molecule has 0 amide bonds. The first-order valence-electron chi connectivity index (χ1n) is 13.7. The SMILES string of the molecule is C.C.C.CC.CC.CC.CC(C)C.CC(C)C.CC(C)c1ccccc1.c1ccccc1.c1ccncc1. The van der Waals surface area contributed by atoms with Crippen LogP contribution in [-0.2, 0) is 0 Å². The van der Waals surface area contributed by atoms with Crippen LogP contribution in [0.5, 0.6) is 0 Å². The van der Waals surface area contributed by atoms with E-state index >= 15 is 0 Å². The molecule has 1 heterocycles. The molecule has 2 aromatic carbocycles. The van der Waals surface area contributed by atoms with Crippen molar-refractivity contribution in [3.05, 3.63) is 103 Å². The molecule has 0 N–H and O–H groups in total. The molecule has 0 fully saturated rings. The van der Waals surface area contributed by atoms with Gasteiger partial charge in [-0.05, 0) is 35.4 Å². The second-order valence-corrected chi connectivity index (χ2v) is 8.21. The largest absolute Gasteiger partial charge is 0.265 e. The monoisotopic (exact) mass is 532 g/mol. The molecular formula is C37H73N. The highest BCUT2D eigenvalue weighted by molar-refractivity contribution is 5.17. The number of aromatic nitrogens is 1. The van der Waals surface area contributed by atoms with Crippen molar-refractivity contribution in [2.45, 2.75) is 125 Å². The van der Waals surface area contributed by atoms with Crippen molar-refractivity contribution in [1.82, 2.24) is 4.98 Å². The fraction of sp³-hybridized carbons (Fsp3) is 0.541. The Bertz CT molecular complexity index is 520. The van der Waals surface area contributed by atoms with E-state index < -0.39 is 0 Å². The Morgan fingerprint density at radius 3 is 0.737 bits per heavy atom. The van der Waals surface area contributed by atoms with Gasteiger partial charge < -0.3 is 0 Å². The normalized spacial score (nSPS) is 7.29. The van der Waals surface area contributed by atoms with Crippen LogP contribution in [0.1, 0.15) is 131 Å². The number of nitrogens with zero attached hydrogens (tertiary/aromatic N) is 1. The van der Waals surface area contributed by atoms with Gasteiger partial charge in [0.15, 0.2) is 0 Å². The minimum Gasteiger partial charge on any atom is -0.265 e. The Balaban J connectivity index is -0.0000000473. The van der Waals surface area contributed by atoms with Crippen LogP contribution in [0.25, 0.3) is 0 Å². The van der Waals surface area contributed by atoms with E-state index in [-0.39, 0.29) is 22.3 Å². The molecule has 0 spiro atoms. The first-order chi connectivity index (χ1) is 16.8. The quantitative estimate of drug-likeness (QED) is 0.304. The van der Waals surface area contributed by atoms with Gasteiger partial charge in [0.25, 0.3) is 0 Å². The van der Waals surface area contributed by atoms with E-state index in [2.05, 4.69) is 84.6 Å². The van der Waals surface area contributed by atoms with Gasteiger partial charge in [0, 0.05) is 12.4 Å². The maximum atomic E-state index is 3.78. The summed E-state index contributed by atoms with van der Waals surface area (Å²) in [6, 6.07) is 28.2. The first kappa shape index (κ1) is 55.9. The van der Waals surface area contributed by atoms with Crippen molar-refractivity contribution in [3.8, 4) is 0 Å². The summed E-state index contributed by atoms with van der Waals surface area (Å²) in [7, 11) is 0. The zero-order chi connectivity index (χ0) is 28.3. The number of hydrogen-bond acceptors (Lipinski definition) is 1. The third kappa shape index (κ3) is 76.5. The lowest BCUT2D eigenvalue weighted by Gasteiger charge is -2.01. The third-order valence-electron chi connectivity index (χ3n) is 2.70. The molecular weight excluding hydrogens is 458 g/mol. The second-order valence-electron chi connectivity index (χ2n) is 8.21. The summed E-state index contributed by atoms with van der Waals surface area (Å²) < 4.78 is 0. The highest BCUT2D eigenvalue weighted by Gasteiger charge is 1.93. The van der Waals surface area contributed by atoms with Gasteiger partial charge in [-0.15, -0.1) is 0 Å². The molecule has 0 saturated carbocycles. The molecule has 0 aliphatic carbocycles. The van der Waals surface area contributed by atoms with Gasteiger partial charge in [0.05, 0.1) is 0 Å². The maximum Gasteiger partial charge on any atom is 0.0267 e. The highest BCUT2D eigenvalue weighted by Crippen LogP contribution is 2.11. The van der Waals surface area contributed by atoms with Crippen molar-refractivity contribution in [3.63, 3.8) is 0 Å². The summed E-state index contributed by atoms with van der Waals surface area (Å²) in [6.07, 6.45) is 3.50. The van der Waals surface area contributed by atoms with Gasteiger partial charge in [-0.3, -0.25) is 4.98 Å². The van der Waals surface area contributed by atoms with Gasteiger partial charge in [-0.2, -0.15) is 0 Å². The Morgan fingerprint density at radius 2 is 0.605 bits per heavy atom. The Morgan fingerprint density at radius 1 is 0.395 bits per heavy atom. The van der Waals surface area contributed by atoms with Gasteiger partial charge in [-0.1, -0.05) is 192 Å². The summed E-state index contributed by atoms with van der Waals surface area (Å²) in [4.78, 5) is 3.78. The number of rotatable bonds is 1. The molecule has 1 heteroatoms. The number of hydrogen-bond donors (Lipinski definition) is 0. The number of pyridine rings is 1. The zero-order valence-corrected chi connectivity index (χ0v) is 25.9. The van der Waals surface area contributed by atoms with Gasteiger partial charge in [0.2, 0.25) is 0 Å². The van der Waals surface area contributed by atoms with Crippen molar-refractivity contribution >= 4 is 0 Å². The Labute approximate surface area is 244 Å². The molecule has 226 valence electrons. The lowest BCUT2D eigenvalue weighted by atomic mass is 10.0. The summed E-state index contributed by atoms with van der Waals surface area (Å²) in [5.41, 5.74) is 1.41. The summed E-state index contributed by atoms with van der Waals surface area (Å²) in [5.74, 6) is 2.33. The molecule has 1 nitrogen and oxygen atoms in total. The smallest absolute Gasteiger partial charge is 0.0267 e. The molecule has 0 saturated heterocycles. The van der Waals surface area contributed by atoms with Crippen LogP contribution in [0, 0.1) is 11.8 Å². The molecule has 38 heavy (non-hydrogen) atoms. The fourth-order valence-corrected chi connectivity index (χ4v) is 1.54. The van der Waals surface area contributed by atoms with E-state index in [9.17, 15) is 0 Å². The van der Waals surface area contributed by atoms with Crippen LogP contribution in [-0.4, -0.2) is 4.98 Å². The van der Waals surface area contributed by atoms with Crippen LogP contribution >= 0.6 is 0 Å². The summed E-state index contributed by atoms with van der Waals surface area (Å²) in [5, 5.41) is 0. The average Bonchev–Trinajstić information content (AvgIpc) is 2.90. The molecule has 0 atom stereocenters. The first-order valence-corrected chi connectivity index (χ1v) is 13.7. The third-order valence-corrected chi connectivity index (χ3v) is 2.70. The van der Waals surface area contributed by atoms with Gasteiger partial charge in [0.1, 0.15) is 0 Å². The molecule has 0 bridgehead atoms. The van der Waals surface area contributed by atoms with Crippen LogP contribution in [0.4, 0.5) is 0 Å². The van der Waals surface area contributed by atoms with Crippen molar-refractivity contribution in [1.29, 1.82) is 0 Å². The molecule has 3 aromatic rings. The highest BCUT2D eigenvalue weighted by atomic mass is 14.6. The predicted octanol–water partition coefficient (Wildman–Crippen LogP) is 13.9. The minimum atomic E-state index is 0. The maximum absolute atomic E-state index is 3.78. The van der Waals surface area contributed by atoms with Crippen LogP contribution in [0.15, 0.2) is 97.3 Å². The second kappa shape index (κ2) is 55.2.